The zero-order chi connectivity index (χ0) is 11.6. The molecule has 6 heteroatoms. The summed E-state index contributed by atoms with van der Waals surface area (Å²) in [6, 6.07) is 0.519. The molecule has 0 aromatic carbocycles. The highest BCUT2D eigenvalue weighted by Crippen LogP contribution is 2.44. The second-order valence-electron chi connectivity index (χ2n) is 4.30. The average Bonchev–Trinajstić information content (AvgIpc) is 3.05. The van der Waals surface area contributed by atoms with Gasteiger partial charge in [0.25, 0.3) is 0 Å². The van der Waals surface area contributed by atoms with Gasteiger partial charge in [0.15, 0.2) is 0 Å². The molecule has 1 aliphatic carbocycles. The zero-order valence-electron chi connectivity index (χ0n) is 9.78. The van der Waals surface area contributed by atoms with Gasteiger partial charge in [0.05, 0.1) is 14.2 Å². The van der Waals surface area contributed by atoms with E-state index in [0.29, 0.717) is 11.4 Å². The predicted octanol–water partition coefficient (Wildman–Crippen LogP) is 1.10. The smallest absolute Gasteiger partial charge is 0.324 e. The number of anilines is 1. The van der Waals surface area contributed by atoms with Gasteiger partial charge >= 0.3 is 12.0 Å². The molecule has 0 amide bonds. The van der Waals surface area contributed by atoms with Crippen molar-refractivity contribution < 1.29 is 9.47 Å². The van der Waals surface area contributed by atoms with Gasteiger partial charge in [-0.05, 0) is 18.3 Å². The van der Waals surface area contributed by atoms with E-state index in [1.54, 1.807) is 0 Å². The zero-order valence-corrected chi connectivity index (χ0v) is 9.78. The van der Waals surface area contributed by atoms with E-state index >= 15 is 0 Å². The maximum atomic E-state index is 4.96. The van der Waals surface area contributed by atoms with Gasteiger partial charge in [-0.2, -0.15) is 9.97 Å². The third-order valence-corrected chi connectivity index (χ3v) is 2.74. The van der Waals surface area contributed by atoms with Crippen molar-refractivity contribution in [1.82, 2.24) is 15.0 Å². The van der Waals surface area contributed by atoms with Gasteiger partial charge in [-0.3, -0.25) is 0 Å². The first-order valence-electron chi connectivity index (χ1n) is 5.23. The predicted molar refractivity (Wildman–Crippen MR) is 58.8 cm³/mol. The lowest BCUT2D eigenvalue weighted by Crippen LogP contribution is -2.14. The van der Waals surface area contributed by atoms with Crippen LogP contribution in [0.1, 0.15) is 19.8 Å². The van der Waals surface area contributed by atoms with Crippen LogP contribution in [0.5, 0.6) is 12.0 Å². The van der Waals surface area contributed by atoms with Gasteiger partial charge in [0.1, 0.15) is 0 Å². The van der Waals surface area contributed by atoms with Crippen LogP contribution in [0.2, 0.25) is 0 Å². The van der Waals surface area contributed by atoms with Gasteiger partial charge in [0.2, 0.25) is 5.95 Å². The Hall–Kier alpha value is -1.59. The molecule has 0 atom stereocenters. The fourth-order valence-corrected chi connectivity index (χ4v) is 1.28. The maximum absolute atomic E-state index is 4.96. The summed E-state index contributed by atoms with van der Waals surface area (Å²) < 4.78 is 9.93. The van der Waals surface area contributed by atoms with E-state index in [0.717, 1.165) is 6.54 Å². The van der Waals surface area contributed by atoms with Gasteiger partial charge < -0.3 is 14.8 Å². The highest BCUT2D eigenvalue weighted by atomic mass is 16.5. The second kappa shape index (κ2) is 4.11. The van der Waals surface area contributed by atoms with Crippen LogP contribution in [-0.4, -0.2) is 35.7 Å². The van der Waals surface area contributed by atoms with Crippen molar-refractivity contribution in [2.75, 3.05) is 26.1 Å². The Morgan fingerprint density at radius 2 is 1.69 bits per heavy atom. The van der Waals surface area contributed by atoms with Crippen LogP contribution in [0.15, 0.2) is 0 Å². The number of hydrogen-bond acceptors (Lipinski definition) is 6. The second-order valence-corrected chi connectivity index (χ2v) is 4.30. The van der Waals surface area contributed by atoms with Gasteiger partial charge in [-0.1, -0.05) is 6.92 Å². The SMILES string of the molecule is COc1nc(NCC2(C)CC2)nc(OC)n1. The first-order valence-corrected chi connectivity index (χ1v) is 5.23. The summed E-state index contributed by atoms with van der Waals surface area (Å²) in [5, 5.41) is 3.17. The molecule has 0 aliphatic heterocycles. The average molecular weight is 224 g/mol. The molecule has 0 bridgehead atoms. The lowest BCUT2D eigenvalue weighted by atomic mass is 10.1. The first kappa shape index (κ1) is 10.9. The molecule has 1 saturated carbocycles. The monoisotopic (exact) mass is 224 g/mol. The summed E-state index contributed by atoms with van der Waals surface area (Å²) in [7, 11) is 3.03. The molecule has 1 aromatic heterocycles. The summed E-state index contributed by atoms with van der Waals surface area (Å²) in [4.78, 5) is 12.1. The number of nitrogens with one attached hydrogen (secondary N) is 1. The molecule has 0 radical (unpaired) electrons. The summed E-state index contributed by atoms with van der Waals surface area (Å²) in [5.41, 5.74) is 0.396. The molecule has 0 spiro atoms. The molecule has 1 heterocycles. The molecule has 0 unspecified atom stereocenters. The quantitative estimate of drug-likeness (QED) is 0.807. The van der Waals surface area contributed by atoms with Gasteiger partial charge in [-0.15, -0.1) is 4.98 Å². The minimum atomic E-state index is 0.260. The molecule has 1 aliphatic rings. The molecule has 88 valence electrons. The summed E-state index contributed by atoms with van der Waals surface area (Å²) in [5.74, 6) is 0.497. The molecular formula is C10H16N4O2. The Balaban J connectivity index is 2.06. The van der Waals surface area contributed by atoms with Crippen molar-refractivity contribution in [3.63, 3.8) is 0 Å². The lowest BCUT2D eigenvalue weighted by Gasteiger charge is -2.10. The molecule has 0 saturated heterocycles. The highest BCUT2D eigenvalue weighted by molar-refractivity contribution is 5.28. The molecule has 16 heavy (non-hydrogen) atoms. The molecule has 2 rings (SSSR count). The van der Waals surface area contributed by atoms with Crippen molar-refractivity contribution in [2.24, 2.45) is 5.41 Å². The van der Waals surface area contributed by atoms with Crippen molar-refractivity contribution in [3.8, 4) is 12.0 Å². The van der Waals surface area contributed by atoms with Crippen LogP contribution >= 0.6 is 0 Å². The van der Waals surface area contributed by atoms with E-state index in [1.165, 1.54) is 27.1 Å². The van der Waals surface area contributed by atoms with E-state index < -0.39 is 0 Å². The fourth-order valence-electron chi connectivity index (χ4n) is 1.28. The van der Waals surface area contributed by atoms with Crippen molar-refractivity contribution >= 4 is 5.95 Å². The van der Waals surface area contributed by atoms with Gasteiger partial charge in [-0.25, -0.2) is 0 Å². The van der Waals surface area contributed by atoms with Crippen molar-refractivity contribution in [2.45, 2.75) is 19.8 Å². The van der Waals surface area contributed by atoms with Crippen LogP contribution in [0.4, 0.5) is 5.95 Å². The molecular weight excluding hydrogens is 208 g/mol. The molecule has 1 fully saturated rings. The molecule has 1 N–H and O–H groups in total. The minimum Gasteiger partial charge on any atom is -0.467 e. The van der Waals surface area contributed by atoms with Crippen LogP contribution < -0.4 is 14.8 Å². The van der Waals surface area contributed by atoms with E-state index in [4.69, 9.17) is 9.47 Å². The van der Waals surface area contributed by atoms with Crippen LogP contribution in [-0.2, 0) is 0 Å². The molecule has 1 aromatic rings. The number of rotatable bonds is 5. The number of ether oxygens (including phenoxy) is 2. The van der Waals surface area contributed by atoms with Crippen LogP contribution in [0, 0.1) is 5.41 Å². The standard InChI is InChI=1S/C10H16N4O2/c1-10(4-5-10)6-11-7-12-8(15-2)14-9(13-7)16-3/h4-6H2,1-3H3,(H,11,12,13,14). The van der Waals surface area contributed by atoms with Gasteiger partial charge in [0, 0.05) is 6.54 Å². The lowest BCUT2D eigenvalue weighted by molar-refractivity contribution is 0.341. The number of nitrogens with zero attached hydrogens (tertiary/aromatic N) is 3. The topological polar surface area (TPSA) is 69.2 Å². The number of methoxy groups -OCH3 is 2. The van der Waals surface area contributed by atoms with Crippen LogP contribution in [0.25, 0.3) is 0 Å². The minimum absolute atomic E-state index is 0.260. The van der Waals surface area contributed by atoms with E-state index in [2.05, 4.69) is 27.2 Å². The Kier molecular flexibility index (Phi) is 2.80. The number of hydrogen-bond donors (Lipinski definition) is 1. The summed E-state index contributed by atoms with van der Waals surface area (Å²) in [6.07, 6.45) is 2.50. The fraction of sp³-hybridized carbons (Fsp3) is 0.700. The van der Waals surface area contributed by atoms with E-state index in [9.17, 15) is 0 Å². The third kappa shape index (κ3) is 2.50. The third-order valence-electron chi connectivity index (χ3n) is 2.74. The summed E-state index contributed by atoms with van der Waals surface area (Å²) >= 11 is 0. The largest absolute Gasteiger partial charge is 0.467 e. The van der Waals surface area contributed by atoms with Crippen LogP contribution in [0.3, 0.4) is 0 Å². The Bertz CT molecular complexity index is 357. The molecule has 6 nitrogen and oxygen atoms in total. The Labute approximate surface area is 94.4 Å². The van der Waals surface area contributed by atoms with E-state index in [-0.39, 0.29) is 12.0 Å². The van der Waals surface area contributed by atoms with E-state index in [1.807, 2.05) is 0 Å². The Morgan fingerprint density at radius 3 is 2.12 bits per heavy atom. The van der Waals surface area contributed by atoms with Crippen molar-refractivity contribution in [1.29, 1.82) is 0 Å². The first-order chi connectivity index (χ1) is 7.65. The number of aromatic nitrogens is 3. The summed E-state index contributed by atoms with van der Waals surface area (Å²) in [6.45, 7) is 3.10. The highest BCUT2D eigenvalue weighted by Gasteiger charge is 2.37. The van der Waals surface area contributed by atoms with Crippen molar-refractivity contribution in [3.05, 3.63) is 0 Å². The normalized spacial score (nSPS) is 16.7. The maximum Gasteiger partial charge on any atom is 0.324 e. The Morgan fingerprint density at radius 1 is 1.12 bits per heavy atom.